The highest BCUT2D eigenvalue weighted by atomic mass is 35.5. The van der Waals surface area contributed by atoms with E-state index in [2.05, 4.69) is 5.92 Å². The first kappa shape index (κ1) is 14.8. The lowest BCUT2D eigenvalue weighted by Crippen LogP contribution is -2.34. The summed E-state index contributed by atoms with van der Waals surface area (Å²) in [5.41, 5.74) is 1.80. The summed E-state index contributed by atoms with van der Waals surface area (Å²) in [6.07, 6.45) is 7.27. The van der Waals surface area contributed by atoms with Crippen molar-refractivity contribution in [3.05, 3.63) is 64.0 Å². The van der Waals surface area contributed by atoms with Crippen LogP contribution in [0.25, 0.3) is 6.08 Å². The topological polar surface area (TPSA) is 20.3 Å². The maximum atomic E-state index is 12.7. The Bertz CT molecular complexity index is 789. The Hall–Kier alpha value is -2.15. The van der Waals surface area contributed by atoms with Gasteiger partial charge in [0.2, 0.25) is 0 Å². The van der Waals surface area contributed by atoms with Crippen molar-refractivity contribution < 1.29 is 4.79 Å². The van der Waals surface area contributed by atoms with Crippen LogP contribution < -0.4 is 4.90 Å². The number of amides is 1. The second kappa shape index (κ2) is 6.31. The standard InChI is InChI=1S/C18H12ClNOS/c1-2-11-20-15-5-3-4-6-16(15)22-17(18(20)21)12-13-7-9-14(19)10-8-13/h1,3-10,12H,11H2/b17-12-. The molecule has 2 aromatic rings. The van der Waals surface area contributed by atoms with Crippen molar-refractivity contribution >= 4 is 41.0 Å². The Morgan fingerprint density at radius 1 is 1.18 bits per heavy atom. The third kappa shape index (κ3) is 2.89. The zero-order chi connectivity index (χ0) is 15.5. The number of hydrogen-bond donors (Lipinski definition) is 0. The van der Waals surface area contributed by atoms with Crippen LogP contribution in [-0.2, 0) is 4.79 Å². The number of hydrogen-bond acceptors (Lipinski definition) is 2. The summed E-state index contributed by atoms with van der Waals surface area (Å²) in [6.45, 7) is 0.258. The normalized spacial score (nSPS) is 15.5. The summed E-state index contributed by atoms with van der Waals surface area (Å²) >= 11 is 7.35. The second-order valence-corrected chi connectivity index (χ2v) is 6.25. The fourth-order valence-electron chi connectivity index (χ4n) is 2.22. The van der Waals surface area contributed by atoms with Crippen LogP contribution in [0.3, 0.4) is 0 Å². The Morgan fingerprint density at radius 3 is 2.64 bits per heavy atom. The van der Waals surface area contributed by atoms with Crippen molar-refractivity contribution in [2.75, 3.05) is 11.4 Å². The van der Waals surface area contributed by atoms with Gasteiger partial charge >= 0.3 is 0 Å². The highest BCUT2D eigenvalue weighted by Gasteiger charge is 2.28. The molecule has 2 aromatic carbocycles. The van der Waals surface area contributed by atoms with Crippen LogP contribution in [0.15, 0.2) is 58.3 Å². The molecular formula is C18H12ClNOS. The Balaban J connectivity index is 2.02. The number of nitrogens with zero attached hydrogens (tertiary/aromatic N) is 1. The van der Waals surface area contributed by atoms with Gasteiger partial charge in [-0.3, -0.25) is 9.69 Å². The Morgan fingerprint density at radius 2 is 1.91 bits per heavy atom. The lowest BCUT2D eigenvalue weighted by molar-refractivity contribution is -0.114. The maximum absolute atomic E-state index is 12.7. The molecule has 0 aliphatic carbocycles. The molecule has 0 bridgehead atoms. The molecular weight excluding hydrogens is 314 g/mol. The largest absolute Gasteiger partial charge is 0.295 e. The molecule has 1 aliphatic heterocycles. The van der Waals surface area contributed by atoms with E-state index in [1.165, 1.54) is 11.8 Å². The van der Waals surface area contributed by atoms with Crippen molar-refractivity contribution in [2.45, 2.75) is 4.90 Å². The molecule has 0 saturated carbocycles. The molecule has 22 heavy (non-hydrogen) atoms. The van der Waals surface area contributed by atoms with Gasteiger partial charge in [0.15, 0.2) is 0 Å². The van der Waals surface area contributed by atoms with Crippen LogP contribution in [-0.4, -0.2) is 12.5 Å². The van der Waals surface area contributed by atoms with Crippen molar-refractivity contribution in [1.29, 1.82) is 0 Å². The average molecular weight is 326 g/mol. The SMILES string of the molecule is C#CCN1C(=O)/C(=C/c2ccc(Cl)cc2)Sc2ccccc21. The summed E-state index contributed by atoms with van der Waals surface area (Å²) in [7, 11) is 0. The second-order valence-electron chi connectivity index (χ2n) is 4.73. The van der Waals surface area contributed by atoms with E-state index in [0.717, 1.165) is 16.1 Å². The number of terminal acetylenes is 1. The molecule has 0 spiro atoms. The lowest BCUT2D eigenvalue weighted by Gasteiger charge is -2.28. The summed E-state index contributed by atoms with van der Waals surface area (Å²) in [5.74, 6) is 2.48. The van der Waals surface area contributed by atoms with E-state index in [4.69, 9.17) is 18.0 Å². The van der Waals surface area contributed by atoms with Crippen LogP contribution in [0.4, 0.5) is 5.69 Å². The maximum Gasteiger partial charge on any atom is 0.265 e. The fourth-order valence-corrected chi connectivity index (χ4v) is 3.41. The predicted octanol–water partition coefficient (Wildman–Crippen LogP) is 4.45. The molecule has 108 valence electrons. The number of fused-ring (bicyclic) bond motifs is 1. The van der Waals surface area contributed by atoms with E-state index in [-0.39, 0.29) is 12.5 Å². The molecule has 0 radical (unpaired) electrons. The first-order chi connectivity index (χ1) is 10.7. The third-order valence-corrected chi connectivity index (χ3v) is 4.58. The molecule has 1 aliphatic rings. The Labute approximate surface area is 138 Å². The molecule has 0 unspecified atom stereocenters. The van der Waals surface area contributed by atoms with E-state index in [1.807, 2.05) is 42.5 Å². The monoisotopic (exact) mass is 325 g/mol. The van der Waals surface area contributed by atoms with Crippen LogP contribution in [0, 0.1) is 12.3 Å². The number of benzene rings is 2. The molecule has 0 saturated heterocycles. The summed E-state index contributed by atoms with van der Waals surface area (Å²) in [4.78, 5) is 16.0. The van der Waals surface area contributed by atoms with Gasteiger partial charge in [-0.15, -0.1) is 6.42 Å². The van der Waals surface area contributed by atoms with Crippen molar-refractivity contribution in [1.82, 2.24) is 0 Å². The summed E-state index contributed by atoms with van der Waals surface area (Å²) < 4.78 is 0. The van der Waals surface area contributed by atoms with Crippen molar-refractivity contribution in [3.8, 4) is 12.3 Å². The molecule has 1 heterocycles. The summed E-state index contributed by atoms with van der Waals surface area (Å²) in [6, 6.07) is 15.1. The van der Waals surface area contributed by atoms with Gasteiger partial charge in [0, 0.05) is 9.92 Å². The van der Waals surface area contributed by atoms with Gasteiger partial charge in [-0.25, -0.2) is 0 Å². The number of thioether (sulfide) groups is 1. The zero-order valence-electron chi connectivity index (χ0n) is 11.6. The smallest absolute Gasteiger partial charge is 0.265 e. The van der Waals surface area contributed by atoms with Gasteiger partial charge in [0.05, 0.1) is 17.1 Å². The van der Waals surface area contributed by atoms with Crippen molar-refractivity contribution in [3.63, 3.8) is 0 Å². The molecule has 3 rings (SSSR count). The first-order valence-corrected chi connectivity index (χ1v) is 7.88. The van der Waals surface area contributed by atoms with E-state index in [1.54, 1.807) is 17.0 Å². The van der Waals surface area contributed by atoms with Gasteiger partial charge in [-0.1, -0.05) is 53.5 Å². The van der Waals surface area contributed by atoms with E-state index < -0.39 is 0 Å². The molecule has 0 aromatic heterocycles. The van der Waals surface area contributed by atoms with Gasteiger partial charge in [-0.05, 0) is 35.9 Å². The van der Waals surface area contributed by atoms with E-state index in [9.17, 15) is 4.79 Å². The molecule has 4 heteroatoms. The number of carbonyl (C=O) groups is 1. The molecule has 2 nitrogen and oxygen atoms in total. The fraction of sp³-hybridized carbons (Fsp3) is 0.0556. The minimum atomic E-state index is -0.0726. The van der Waals surface area contributed by atoms with Crippen molar-refractivity contribution in [2.24, 2.45) is 0 Å². The highest BCUT2D eigenvalue weighted by Crippen LogP contribution is 2.41. The Kier molecular flexibility index (Phi) is 4.24. The molecule has 1 amide bonds. The van der Waals surface area contributed by atoms with Gasteiger partial charge in [-0.2, -0.15) is 0 Å². The highest BCUT2D eigenvalue weighted by molar-refractivity contribution is 8.04. The van der Waals surface area contributed by atoms with E-state index >= 15 is 0 Å². The van der Waals surface area contributed by atoms with Crippen LogP contribution in [0.2, 0.25) is 5.02 Å². The van der Waals surface area contributed by atoms with E-state index in [0.29, 0.717) is 9.93 Å². The van der Waals surface area contributed by atoms with Crippen LogP contribution in [0.1, 0.15) is 5.56 Å². The van der Waals surface area contributed by atoms with Gasteiger partial charge in [0.25, 0.3) is 5.91 Å². The number of halogens is 1. The first-order valence-electron chi connectivity index (χ1n) is 6.68. The molecule has 0 fully saturated rings. The van der Waals surface area contributed by atoms with Gasteiger partial charge in [0.1, 0.15) is 0 Å². The average Bonchev–Trinajstić information content (AvgIpc) is 2.53. The minimum absolute atomic E-state index is 0.0726. The number of carbonyl (C=O) groups excluding carboxylic acids is 1. The molecule has 0 N–H and O–H groups in total. The number of para-hydroxylation sites is 1. The molecule has 0 atom stereocenters. The zero-order valence-corrected chi connectivity index (χ0v) is 13.2. The number of rotatable bonds is 2. The summed E-state index contributed by atoms with van der Waals surface area (Å²) in [5, 5.41) is 0.670. The lowest BCUT2D eigenvalue weighted by atomic mass is 10.2. The minimum Gasteiger partial charge on any atom is -0.295 e. The van der Waals surface area contributed by atoms with Gasteiger partial charge < -0.3 is 0 Å². The van der Waals surface area contributed by atoms with Crippen LogP contribution in [0.5, 0.6) is 0 Å². The number of anilines is 1. The predicted molar refractivity (Wildman–Crippen MR) is 92.9 cm³/mol. The third-order valence-electron chi connectivity index (χ3n) is 3.25. The van der Waals surface area contributed by atoms with Crippen LogP contribution >= 0.6 is 23.4 Å². The quantitative estimate of drug-likeness (QED) is 0.600.